The van der Waals surface area contributed by atoms with Crippen molar-refractivity contribution in [3.63, 3.8) is 0 Å². The first-order valence-corrected chi connectivity index (χ1v) is 61.7. The molecule has 3 fully saturated rings. The molecule has 0 aromatic heterocycles. The van der Waals surface area contributed by atoms with Crippen molar-refractivity contribution in [1.29, 1.82) is 0 Å². The molecule has 0 unspecified atom stereocenters. The molecule has 0 nitrogen and oxygen atoms in total. The second kappa shape index (κ2) is 13.8. The van der Waals surface area contributed by atoms with E-state index in [1.807, 2.05) is 10.4 Å². The van der Waals surface area contributed by atoms with Gasteiger partial charge in [0, 0.05) is 64.6 Å². The molecular formula is C44H90Si12. The van der Waals surface area contributed by atoms with E-state index in [0.29, 0.717) is 17.1 Å². The summed E-state index contributed by atoms with van der Waals surface area (Å²) in [7, 11) is -19.2. The van der Waals surface area contributed by atoms with Gasteiger partial charge < -0.3 is 0 Å². The first kappa shape index (κ1) is 48.1. The van der Waals surface area contributed by atoms with Crippen molar-refractivity contribution in [2.45, 2.75) is 200 Å². The second-order valence-electron chi connectivity index (χ2n) is 27.6. The Balaban J connectivity index is 2.45. The van der Waals surface area contributed by atoms with Crippen molar-refractivity contribution >= 4 is 104 Å². The second-order valence-corrected chi connectivity index (χ2v) is 108. The van der Waals surface area contributed by atoms with Crippen LogP contribution < -0.4 is 10.4 Å². The van der Waals surface area contributed by atoms with E-state index < -0.39 is 93.6 Å². The van der Waals surface area contributed by atoms with Crippen LogP contribution in [0.5, 0.6) is 0 Å². The summed E-state index contributed by atoms with van der Waals surface area (Å²) in [6.07, 6.45) is 6.48. The van der Waals surface area contributed by atoms with Crippen molar-refractivity contribution in [3.8, 4) is 0 Å². The average molecular weight is 956 g/mol. The molecule has 12 heteroatoms. The minimum Gasteiger partial charge on any atom is -0.0696 e. The van der Waals surface area contributed by atoms with Crippen LogP contribution >= 0.6 is 0 Å². The Morgan fingerprint density at radius 3 is 0.821 bits per heavy atom. The molecule has 3 aliphatic rings. The fourth-order valence-corrected chi connectivity index (χ4v) is 279. The highest BCUT2D eigenvalue weighted by Crippen LogP contribution is 2.84. The molecule has 3 aliphatic heterocycles. The monoisotopic (exact) mass is 954 g/mol. The normalized spacial score (nSPS) is 23.5. The SMILES string of the molecule is C[Si](C)(C)C1([Si](C)(C)C)CCC([Si](C)(C)C)([Si](C)(C)C)[Si]1=[Si]1[Si](c2ccccc2)(c2ccccc2)[Si]12C([Si](C)(C)C)([Si](C)(C)C)CCC2([Si](C)(C)C)[Si](C)(C)C. The summed E-state index contributed by atoms with van der Waals surface area (Å²) in [6.45, 7) is 70.8. The minimum atomic E-state index is -2.31. The van der Waals surface area contributed by atoms with E-state index in [1.165, 1.54) is 0 Å². The molecule has 56 heavy (non-hydrogen) atoms. The molecule has 1 spiro atoms. The van der Waals surface area contributed by atoms with Crippen LogP contribution in [-0.2, 0) is 0 Å². The van der Waals surface area contributed by atoms with Gasteiger partial charge >= 0.3 is 0 Å². The summed E-state index contributed by atoms with van der Waals surface area (Å²) in [5, 5.41) is 3.97. The van der Waals surface area contributed by atoms with Crippen molar-refractivity contribution in [3.05, 3.63) is 60.7 Å². The molecular weight excluding hydrogens is 866 g/mol. The van der Waals surface area contributed by atoms with Gasteiger partial charge in [-0.2, -0.15) is 0 Å². The Morgan fingerprint density at radius 1 is 0.357 bits per heavy atom. The summed E-state index contributed by atoms with van der Waals surface area (Å²) in [4.78, 5) is 0. The lowest BCUT2D eigenvalue weighted by atomic mass is 10.4. The van der Waals surface area contributed by atoms with Crippen molar-refractivity contribution in [2.24, 2.45) is 0 Å². The lowest BCUT2D eigenvalue weighted by Crippen LogP contribution is -2.77. The molecule has 3 heterocycles. The van der Waals surface area contributed by atoms with Gasteiger partial charge in [-0.15, -0.1) is 0 Å². The molecule has 3 saturated heterocycles. The average Bonchev–Trinajstić information content (AvgIpc) is 3.25. The van der Waals surface area contributed by atoms with Gasteiger partial charge in [-0.05, 0) is 32.0 Å². The summed E-state index contributed by atoms with van der Waals surface area (Å²) >= 11 is 0. The van der Waals surface area contributed by atoms with E-state index in [1.54, 1.807) is 25.7 Å². The molecule has 0 saturated carbocycles. The molecule has 0 bridgehead atoms. The zero-order valence-electron chi connectivity index (χ0n) is 41.6. The lowest BCUT2D eigenvalue weighted by molar-refractivity contribution is 0.763. The van der Waals surface area contributed by atoms with Gasteiger partial charge in [0.15, 0.2) is 0 Å². The first-order valence-electron chi connectivity index (χ1n) is 22.7. The molecule has 2 aromatic carbocycles. The summed E-state index contributed by atoms with van der Waals surface area (Å²) in [5.74, 6) is 0. The molecule has 0 radical (unpaired) electrons. The standard InChI is InChI=1S/C44H90Si12/c1-47(2,3)41(48(4,5)6)35-36-42(49(7,8)9,50(10,11)12)45(41)46-55(39-31-27-25-28-32-39,40-33-29-26-30-34-40)56(46)43(51(13,14)15,52(16,17)18)37-38-44(56,53(19,20)21)54(22,23)24/h25-34H,35-38H2,1-24H3. The maximum atomic E-state index is 3.00. The third-order valence-corrected chi connectivity index (χ3v) is 153. The van der Waals surface area contributed by atoms with Crippen LogP contribution in [0, 0.1) is 0 Å². The van der Waals surface area contributed by atoms with Gasteiger partial charge in [-0.25, -0.2) is 0 Å². The van der Waals surface area contributed by atoms with Gasteiger partial charge in [0.05, 0.1) is 7.11 Å². The maximum Gasteiger partial charge on any atom is 0.112 e. The van der Waals surface area contributed by atoms with E-state index in [-0.39, 0.29) is 0 Å². The van der Waals surface area contributed by atoms with Crippen molar-refractivity contribution in [2.75, 3.05) is 0 Å². The fourth-order valence-electron chi connectivity index (χ4n) is 17.9. The molecule has 0 N–H and O–H groups in total. The topological polar surface area (TPSA) is 0 Å². The highest BCUT2D eigenvalue weighted by molar-refractivity contribution is 8.18. The molecule has 5 rings (SSSR count). The highest BCUT2D eigenvalue weighted by atomic mass is 30.2. The minimum absolute atomic E-state index is 0.662. The van der Waals surface area contributed by atoms with E-state index in [0.717, 1.165) is 0 Å². The van der Waals surface area contributed by atoms with Gasteiger partial charge in [0.25, 0.3) is 0 Å². The van der Waals surface area contributed by atoms with Crippen LogP contribution in [0.1, 0.15) is 25.7 Å². The Hall–Kier alpha value is 1.04. The molecule has 0 aliphatic carbocycles. The highest BCUT2D eigenvalue weighted by Gasteiger charge is 2.97. The summed E-state index contributed by atoms with van der Waals surface area (Å²) in [5.41, 5.74) is 0. The molecule has 2 aromatic rings. The van der Waals surface area contributed by atoms with Crippen molar-refractivity contribution in [1.82, 2.24) is 0 Å². The van der Waals surface area contributed by atoms with Gasteiger partial charge in [-0.3, -0.25) is 0 Å². The quantitative estimate of drug-likeness (QED) is 0.208. The number of hydrogen-bond donors (Lipinski definition) is 0. The van der Waals surface area contributed by atoms with E-state index >= 15 is 0 Å². The summed E-state index contributed by atoms with van der Waals surface area (Å²) < 4.78 is 2.68. The third kappa shape index (κ3) is 5.69. The van der Waals surface area contributed by atoms with Gasteiger partial charge in [-0.1, -0.05) is 254 Å². The van der Waals surface area contributed by atoms with E-state index in [4.69, 9.17) is 0 Å². The number of hydrogen-bond acceptors (Lipinski definition) is 0. The van der Waals surface area contributed by atoms with Gasteiger partial charge in [0.2, 0.25) is 0 Å². The van der Waals surface area contributed by atoms with Crippen LogP contribution in [0.3, 0.4) is 0 Å². The zero-order chi connectivity index (χ0) is 43.2. The van der Waals surface area contributed by atoms with E-state index in [9.17, 15) is 0 Å². The molecule has 0 atom stereocenters. The molecule has 314 valence electrons. The van der Waals surface area contributed by atoms with Crippen LogP contribution in [-0.4, -0.2) is 93.6 Å². The summed E-state index contributed by atoms with van der Waals surface area (Å²) in [6, 6.07) is 26.4. The zero-order valence-corrected chi connectivity index (χ0v) is 53.6. The van der Waals surface area contributed by atoms with Gasteiger partial charge in [0.1, 0.15) is 7.11 Å². The maximum absolute atomic E-state index is 3.00. The number of benzene rings is 2. The largest absolute Gasteiger partial charge is 0.112 e. The fraction of sp³-hybridized carbons (Fsp3) is 0.727. The Morgan fingerprint density at radius 2 is 0.607 bits per heavy atom. The molecule has 0 amide bonds. The predicted molar refractivity (Wildman–Crippen MR) is 291 cm³/mol. The number of rotatable bonds is 10. The smallest absolute Gasteiger partial charge is 0.0696 e. The van der Waals surface area contributed by atoms with Crippen LogP contribution in [0.2, 0.25) is 174 Å². The Bertz CT molecular complexity index is 1650. The van der Waals surface area contributed by atoms with Crippen LogP contribution in [0.15, 0.2) is 60.7 Å². The van der Waals surface area contributed by atoms with Crippen molar-refractivity contribution < 1.29 is 0 Å². The predicted octanol–water partition coefficient (Wildman–Crippen LogP) is 13.6. The van der Waals surface area contributed by atoms with E-state index in [2.05, 4.69) is 218 Å². The Labute approximate surface area is 361 Å². The lowest BCUT2D eigenvalue weighted by Gasteiger charge is -2.64. The first-order chi connectivity index (χ1) is 24.9. The Kier molecular flexibility index (Phi) is 11.8. The van der Waals surface area contributed by atoms with Crippen LogP contribution in [0.4, 0.5) is 0 Å². The van der Waals surface area contributed by atoms with Crippen LogP contribution in [0.25, 0.3) is 0 Å². The third-order valence-electron chi connectivity index (χ3n) is 18.0.